The molecule has 1 aromatic heterocycles. The van der Waals surface area contributed by atoms with Crippen LogP contribution >= 0.6 is 11.8 Å². The summed E-state index contributed by atoms with van der Waals surface area (Å²) in [4.78, 5) is 0. The lowest BCUT2D eigenvalue weighted by Crippen LogP contribution is -2.09. The molecule has 1 saturated carbocycles. The maximum Gasteiger partial charge on any atom is 0.191 e. The van der Waals surface area contributed by atoms with Crippen molar-refractivity contribution < 1.29 is 0 Å². The van der Waals surface area contributed by atoms with Crippen LogP contribution in [0.25, 0.3) is 0 Å². The van der Waals surface area contributed by atoms with Crippen molar-refractivity contribution in [2.75, 3.05) is 0 Å². The van der Waals surface area contributed by atoms with Gasteiger partial charge >= 0.3 is 0 Å². The summed E-state index contributed by atoms with van der Waals surface area (Å²) in [6.45, 7) is 2.14. The van der Waals surface area contributed by atoms with E-state index in [1.165, 1.54) is 49.7 Å². The molecule has 0 unspecified atom stereocenters. The Labute approximate surface area is 143 Å². The average molecular weight is 330 g/mol. The highest BCUT2D eigenvalue weighted by Crippen LogP contribution is 2.28. The molecule has 1 aliphatic rings. The molecule has 0 amide bonds. The minimum Gasteiger partial charge on any atom is -0.309 e. The summed E-state index contributed by atoms with van der Waals surface area (Å²) in [5.74, 6) is 3.00. The second kappa shape index (κ2) is 8.00. The summed E-state index contributed by atoms with van der Waals surface area (Å²) in [5.41, 5.74) is 2.66. The van der Waals surface area contributed by atoms with E-state index in [0.717, 1.165) is 29.1 Å². The summed E-state index contributed by atoms with van der Waals surface area (Å²) in [6.07, 6.45) is 9.43. The van der Waals surface area contributed by atoms with Crippen LogP contribution in [0.3, 0.4) is 0 Å². The Morgan fingerprint density at radius 1 is 1.17 bits per heavy atom. The third-order valence-electron chi connectivity index (χ3n) is 4.88. The molecule has 0 aliphatic heterocycles. The smallest absolute Gasteiger partial charge is 0.191 e. The van der Waals surface area contributed by atoms with Crippen LogP contribution in [-0.4, -0.2) is 14.8 Å². The highest BCUT2D eigenvalue weighted by Gasteiger charge is 2.15. The van der Waals surface area contributed by atoms with Gasteiger partial charge in [0.05, 0.1) is 0 Å². The maximum absolute atomic E-state index is 4.42. The van der Waals surface area contributed by atoms with Crippen molar-refractivity contribution in [3.8, 4) is 0 Å². The van der Waals surface area contributed by atoms with E-state index in [4.69, 9.17) is 0 Å². The molecule has 1 aromatic carbocycles. The van der Waals surface area contributed by atoms with Gasteiger partial charge in [0, 0.05) is 19.2 Å². The molecule has 0 N–H and O–H groups in total. The van der Waals surface area contributed by atoms with Gasteiger partial charge in [0.15, 0.2) is 5.16 Å². The zero-order valence-corrected chi connectivity index (χ0v) is 15.1. The minimum atomic E-state index is 0.906. The van der Waals surface area contributed by atoms with E-state index < -0.39 is 0 Å². The summed E-state index contributed by atoms with van der Waals surface area (Å²) < 4.78 is 2.18. The van der Waals surface area contributed by atoms with Crippen LogP contribution in [0.5, 0.6) is 0 Å². The molecular weight excluding hydrogens is 302 g/mol. The van der Waals surface area contributed by atoms with Crippen molar-refractivity contribution >= 4 is 11.8 Å². The van der Waals surface area contributed by atoms with Crippen LogP contribution < -0.4 is 0 Å². The number of hydrogen-bond donors (Lipinski definition) is 0. The lowest BCUT2D eigenvalue weighted by atomic mass is 9.86. The largest absolute Gasteiger partial charge is 0.309 e. The monoisotopic (exact) mass is 329 g/mol. The molecule has 2 aromatic rings. The van der Waals surface area contributed by atoms with Crippen LogP contribution in [0, 0.1) is 12.8 Å². The van der Waals surface area contributed by atoms with Crippen molar-refractivity contribution in [2.45, 2.75) is 62.8 Å². The molecule has 1 fully saturated rings. The van der Waals surface area contributed by atoms with E-state index in [2.05, 4.69) is 53.0 Å². The number of hydrogen-bond acceptors (Lipinski definition) is 3. The van der Waals surface area contributed by atoms with Gasteiger partial charge in [-0.25, -0.2) is 0 Å². The predicted molar refractivity (Wildman–Crippen MR) is 96.6 cm³/mol. The van der Waals surface area contributed by atoms with Gasteiger partial charge in [-0.2, -0.15) is 0 Å². The molecule has 0 spiro atoms. The number of thioether (sulfide) groups is 1. The van der Waals surface area contributed by atoms with Gasteiger partial charge in [-0.05, 0) is 24.8 Å². The quantitative estimate of drug-likeness (QED) is 0.704. The SMILES string of the molecule is Cc1cccc(CSc2nnc(CCC3CCCCC3)n2C)c1. The first-order chi connectivity index (χ1) is 11.2. The van der Waals surface area contributed by atoms with Crippen molar-refractivity contribution in [3.05, 3.63) is 41.2 Å². The average Bonchev–Trinajstić information content (AvgIpc) is 2.92. The van der Waals surface area contributed by atoms with Gasteiger partial charge in [-0.15, -0.1) is 10.2 Å². The summed E-state index contributed by atoms with van der Waals surface area (Å²) >= 11 is 1.78. The normalized spacial score (nSPS) is 15.9. The van der Waals surface area contributed by atoms with Gasteiger partial charge in [0.1, 0.15) is 5.82 Å². The standard InChI is InChI=1S/C19H27N3S/c1-15-7-6-10-17(13-15)14-23-19-21-20-18(22(19)2)12-11-16-8-4-3-5-9-16/h6-7,10,13,16H,3-5,8-9,11-12,14H2,1-2H3. The fraction of sp³-hybridized carbons (Fsp3) is 0.579. The number of nitrogens with zero attached hydrogens (tertiary/aromatic N) is 3. The lowest BCUT2D eigenvalue weighted by molar-refractivity contribution is 0.336. The van der Waals surface area contributed by atoms with E-state index in [-0.39, 0.29) is 0 Å². The van der Waals surface area contributed by atoms with E-state index in [9.17, 15) is 0 Å². The Kier molecular flexibility index (Phi) is 5.76. The second-order valence-corrected chi connectivity index (χ2v) is 7.72. The first-order valence-corrected chi connectivity index (χ1v) is 9.77. The third-order valence-corrected chi connectivity index (χ3v) is 5.97. The van der Waals surface area contributed by atoms with E-state index in [0.29, 0.717) is 0 Å². The Balaban J connectivity index is 1.54. The van der Waals surface area contributed by atoms with Crippen LogP contribution in [0.2, 0.25) is 0 Å². The molecule has 1 aliphatic carbocycles. The fourth-order valence-corrected chi connectivity index (χ4v) is 4.32. The molecule has 23 heavy (non-hydrogen) atoms. The lowest BCUT2D eigenvalue weighted by Gasteiger charge is -2.20. The summed E-state index contributed by atoms with van der Waals surface area (Å²) in [6, 6.07) is 8.69. The molecule has 3 nitrogen and oxygen atoms in total. The molecule has 0 saturated heterocycles. The van der Waals surface area contributed by atoms with Crippen LogP contribution in [-0.2, 0) is 19.2 Å². The molecule has 3 rings (SSSR count). The molecular formula is C19H27N3S. The fourth-order valence-electron chi connectivity index (χ4n) is 3.45. The molecule has 1 heterocycles. The van der Waals surface area contributed by atoms with Gasteiger partial charge in [0.25, 0.3) is 0 Å². The van der Waals surface area contributed by atoms with Crippen molar-refractivity contribution in [3.63, 3.8) is 0 Å². The Morgan fingerprint density at radius 3 is 2.78 bits per heavy atom. The topological polar surface area (TPSA) is 30.7 Å². The first kappa shape index (κ1) is 16.6. The van der Waals surface area contributed by atoms with Crippen molar-refractivity contribution in [2.24, 2.45) is 13.0 Å². The Hall–Kier alpha value is -1.29. The van der Waals surface area contributed by atoms with E-state index in [1.807, 2.05) is 0 Å². The molecule has 124 valence electrons. The highest BCUT2D eigenvalue weighted by molar-refractivity contribution is 7.98. The summed E-state index contributed by atoms with van der Waals surface area (Å²) in [5, 5.41) is 9.85. The van der Waals surface area contributed by atoms with E-state index in [1.54, 1.807) is 11.8 Å². The third kappa shape index (κ3) is 4.60. The highest BCUT2D eigenvalue weighted by atomic mass is 32.2. The van der Waals surface area contributed by atoms with E-state index >= 15 is 0 Å². The van der Waals surface area contributed by atoms with Crippen LogP contribution in [0.15, 0.2) is 29.4 Å². The molecule has 0 radical (unpaired) electrons. The van der Waals surface area contributed by atoms with Gasteiger partial charge in [-0.1, -0.05) is 73.7 Å². The minimum absolute atomic E-state index is 0.906. The summed E-state index contributed by atoms with van der Waals surface area (Å²) in [7, 11) is 2.11. The van der Waals surface area contributed by atoms with Gasteiger partial charge in [0.2, 0.25) is 0 Å². The van der Waals surface area contributed by atoms with Crippen molar-refractivity contribution in [1.29, 1.82) is 0 Å². The predicted octanol–water partition coefficient (Wildman–Crippen LogP) is 4.93. The second-order valence-electron chi connectivity index (χ2n) is 6.78. The zero-order chi connectivity index (χ0) is 16.1. The van der Waals surface area contributed by atoms with Crippen LogP contribution in [0.4, 0.5) is 0 Å². The Morgan fingerprint density at radius 2 is 2.00 bits per heavy atom. The number of aromatic nitrogens is 3. The van der Waals surface area contributed by atoms with Crippen LogP contribution in [0.1, 0.15) is 55.5 Å². The number of aryl methyl sites for hydroxylation is 2. The number of benzene rings is 1. The molecule has 0 atom stereocenters. The van der Waals surface area contributed by atoms with Gasteiger partial charge in [-0.3, -0.25) is 0 Å². The maximum atomic E-state index is 4.42. The molecule has 4 heteroatoms. The van der Waals surface area contributed by atoms with Gasteiger partial charge < -0.3 is 4.57 Å². The van der Waals surface area contributed by atoms with Crippen molar-refractivity contribution in [1.82, 2.24) is 14.8 Å². The molecule has 0 bridgehead atoms. The zero-order valence-electron chi connectivity index (χ0n) is 14.3. The first-order valence-electron chi connectivity index (χ1n) is 8.79. The Bertz CT molecular complexity index is 629. The number of rotatable bonds is 6.